The van der Waals surface area contributed by atoms with Crippen LogP contribution in [0.2, 0.25) is 0 Å². The number of hydrogen-bond donors (Lipinski definition) is 2. The Balaban J connectivity index is 2.47. The largest absolute Gasteiger partial charge is 0.481 e. The van der Waals surface area contributed by atoms with Gasteiger partial charge in [-0.25, -0.2) is 0 Å². The summed E-state index contributed by atoms with van der Waals surface area (Å²) in [7, 11) is 0. The molecule has 3 unspecified atom stereocenters. The Morgan fingerprint density at radius 2 is 2.00 bits per heavy atom. The zero-order valence-electron chi connectivity index (χ0n) is 12.5. The predicted octanol–water partition coefficient (Wildman–Crippen LogP) is 2.68. The lowest BCUT2D eigenvalue weighted by molar-refractivity contribution is -0.153. The first-order valence-corrected chi connectivity index (χ1v) is 7.27. The van der Waals surface area contributed by atoms with Crippen molar-refractivity contribution in [1.29, 1.82) is 0 Å². The molecule has 19 heavy (non-hydrogen) atoms. The minimum atomic E-state index is -0.981. The van der Waals surface area contributed by atoms with E-state index >= 15 is 0 Å². The van der Waals surface area contributed by atoms with Gasteiger partial charge >= 0.3 is 5.97 Å². The maximum Gasteiger partial charge on any atom is 0.310 e. The molecular formula is C15H27NO3. The van der Waals surface area contributed by atoms with E-state index in [0.29, 0.717) is 18.4 Å². The molecule has 3 atom stereocenters. The molecule has 1 fully saturated rings. The smallest absolute Gasteiger partial charge is 0.310 e. The highest BCUT2D eigenvalue weighted by atomic mass is 16.4. The zero-order chi connectivity index (χ0) is 14.6. The van der Waals surface area contributed by atoms with Crippen LogP contribution in [0, 0.1) is 23.2 Å². The van der Waals surface area contributed by atoms with E-state index < -0.39 is 11.4 Å². The standard InChI is InChI=1S/C15H27NO3/c1-10(2)15(4,14(18)19)8-13(17)16-9-12-7-5-6-11(12)3/h10-12H,5-9H2,1-4H3,(H,16,17)(H,18,19). The van der Waals surface area contributed by atoms with E-state index in [9.17, 15) is 14.7 Å². The van der Waals surface area contributed by atoms with Crippen LogP contribution in [0.25, 0.3) is 0 Å². The first-order valence-electron chi connectivity index (χ1n) is 7.27. The van der Waals surface area contributed by atoms with Crippen molar-refractivity contribution in [3.05, 3.63) is 0 Å². The second-order valence-corrected chi connectivity index (χ2v) is 6.53. The van der Waals surface area contributed by atoms with Crippen molar-refractivity contribution < 1.29 is 14.7 Å². The monoisotopic (exact) mass is 269 g/mol. The van der Waals surface area contributed by atoms with E-state index in [0.717, 1.165) is 0 Å². The Morgan fingerprint density at radius 1 is 1.37 bits per heavy atom. The summed E-state index contributed by atoms with van der Waals surface area (Å²) in [4.78, 5) is 23.3. The molecule has 1 aliphatic carbocycles. The molecule has 0 aromatic heterocycles. The van der Waals surface area contributed by atoms with E-state index in [1.807, 2.05) is 13.8 Å². The average Bonchev–Trinajstić information content (AvgIpc) is 2.71. The zero-order valence-corrected chi connectivity index (χ0v) is 12.5. The number of carboxylic acids is 1. The van der Waals surface area contributed by atoms with Crippen LogP contribution in [0.15, 0.2) is 0 Å². The lowest BCUT2D eigenvalue weighted by atomic mass is 9.76. The maximum atomic E-state index is 12.0. The second kappa shape index (κ2) is 6.40. The number of hydrogen-bond acceptors (Lipinski definition) is 2. The van der Waals surface area contributed by atoms with Gasteiger partial charge in [-0.2, -0.15) is 0 Å². The lowest BCUT2D eigenvalue weighted by Crippen LogP contribution is -2.40. The van der Waals surface area contributed by atoms with Crippen LogP contribution in [-0.4, -0.2) is 23.5 Å². The van der Waals surface area contributed by atoms with Gasteiger partial charge in [0, 0.05) is 13.0 Å². The summed E-state index contributed by atoms with van der Waals surface area (Å²) >= 11 is 0. The molecule has 0 aliphatic heterocycles. The molecule has 1 saturated carbocycles. The molecule has 2 N–H and O–H groups in total. The van der Waals surface area contributed by atoms with Crippen LogP contribution < -0.4 is 5.32 Å². The minimum Gasteiger partial charge on any atom is -0.481 e. The second-order valence-electron chi connectivity index (χ2n) is 6.53. The molecule has 0 saturated heterocycles. The van der Waals surface area contributed by atoms with Gasteiger partial charge in [0.05, 0.1) is 5.41 Å². The van der Waals surface area contributed by atoms with Crippen LogP contribution >= 0.6 is 0 Å². The summed E-state index contributed by atoms with van der Waals surface area (Å²) in [5, 5.41) is 12.2. The van der Waals surface area contributed by atoms with Crippen LogP contribution in [0.3, 0.4) is 0 Å². The van der Waals surface area contributed by atoms with Crippen molar-refractivity contribution in [2.45, 2.75) is 53.4 Å². The van der Waals surface area contributed by atoms with Gasteiger partial charge in [0.15, 0.2) is 0 Å². The Labute approximate surface area is 116 Å². The summed E-state index contributed by atoms with van der Waals surface area (Å²) in [6.45, 7) is 8.26. The summed E-state index contributed by atoms with van der Waals surface area (Å²) < 4.78 is 0. The van der Waals surface area contributed by atoms with Crippen molar-refractivity contribution in [3.63, 3.8) is 0 Å². The van der Waals surface area contributed by atoms with Crippen LogP contribution in [0.4, 0.5) is 0 Å². The summed E-state index contributed by atoms with van der Waals surface area (Å²) in [5.41, 5.74) is -0.981. The maximum absolute atomic E-state index is 12.0. The third-order valence-electron chi connectivity index (χ3n) is 4.89. The molecule has 0 spiro atoms. The molecule has 0 aromatic rings. The van der Waals surface area contributed by atoms with Gasteiger partial charge in [-0.05, 0) is 31.1 Å². The van der Waals surface area contributed by atoms with E-state index in [2.05, 4.69) is 12.2 Å². The fourth-order valence-electron chi connectivity index (χ4n) is 2.69. The molecule has 4 heteroatoms. The summed E-state index contributed by atoms with van der Waals surface area (Å²) in [6, 6.07) is 0. The van der Waals surface area contributed by atoms with Gasteiger partial charge in [0.25, 0.3) is 0 Å². The number of carbonyl (C=O) groups excluding carboxylic acids is 1. The van der Waals surface area contributed by atoms with Crippen molar-refractivity contribution in [3.8, 4) is 0 Å². The van der Waals surface area contributed by atoms with Gasteiger partial charge < -0.3 is 10.4 Å². The van der Waals surface area contributed by atoms with Gasteiger partial charge in [-0.3, -0.25) is 9.59 Å². The molecular weight excluding hydrogens is 242 g/mol. The van der Waals surface area contributed by atoms with Gasteiger partial charge in [-0.15, -0.1) is 0 Å². The molecule has 110 valence electrons. The highest BCUT2D eigenvalue weighted by molar-refractivity contribution is 5.84. The van der Waals surface area contributed by atoms with Gasteiger partial charge in [0.2, 0.25) is 5.91 Å². The number of carboxylic acid groups (broad SMARTS) is 1. The predicted molar refractivity (Wildman–Crippen MR) is 74.7 cm³/mol. The third-order valence-corrected chi connectivity index (χ3v) is 4.89. The van der Waals surface area contributed by atoms with Crippen molar-refractivity contribution in [2.75, 3.05) is 6.54 Å². The quantitative estimate of drug-likeness (QED) is 0.779. The third kappa shape index (κ3) is 3.95. The van der Waals surface area contributed by atoms with Crippen molar-refractivity contribution >= 4 is 11.9 Å². The Morgan fingerprint density at radius 3 is 2.42 bits per heavy atom. The fraction of sp³-hybridized carbons (Fsp3) is 0.867. The first-order chi connectivity index (χ1) is 8.77. The van der Waals surface area contributed by atoms with Crippen LogP contribution in [0.5, 0.6) is 0 Å². The van der Waals surface area contributed by atoms with Crippen LogP contribution in [-0.2, 0) is 9.59 Å². The molecule has 0 radical (unpaired) electrons. The van der Waals surface area contributed by atoms with Gasteiger partial charge in [-0.1, -0.05) is 33.6 Å². The van der Waals surface area contributed by atoms with E-state index in [1.165, 1.54) is 19.3 Å². The van der Waals surface area contributed by atoms with E-state index in [1.54, 1.807) is 6.92 Å². The molecule has 1 amide bonds. The van der Waals surface area contributed by atoms with Crippen LogP contribution in [0.1, 0.15) is 53.4 Å². The Kier molecular flexibility index (Phi) is 5.39. The number of aliphatic carboxylic acids is 1. The normalized spacial score (nSPS) is 26.2. The molecule has 1 rings (SSSR count). The number of rotatable bonds is 6. The van der Waals surface area contributed by atoms with Crippen molar-refractivity contribution in [2.24, 2.45) is 23.2 Å². The fourth-order valence-corrected chi connectivity index (χ4v) is 2.69. The number of carbonyl (C=O) groups is 2. The minimum absolute atomic E-state index is 0.0566. The number of amides is 1. The lowest BCUT2D eigenvalue weighted by Gasteiger charge is -2.28. The number of nitrogens with one attached hydrogen (secondary N) is 1. The summed E-state index contributed by atoms with van der Waals surface area (Å²) in [6.07, 6.45) is 3.70. The van der Waals surface area contributed by atoms with E-state index in [4.69, 9.17) is 0 Å². The molecule has 4 nitrogen and oxygen atoms in total. The average molecular weight is 269 g/mol. The highest BCUT2D eigenvalue weighted by Crippen LogP contribution is 2.32. The Bertz CT molecular complexity index is 340. The van der Waals surface area contributed by atoms with Gasteiger partial charge in [0.1, 0.15) is 0 Å². The summed E-state index contributed by atoms with van der Waals surface area (Å²) in [5.74, 6) is 0.112. The topological polar surface area (TPSA) is 66.4 Å². The molecule has 0 heterocycles. The SMILES string of the molecule is CC1CCCC1CNC(=O)CC(C)(C(=O)O)C(C)C. The highest BCUT2D eigenvalue weighted by Gasteiger charge is 2.38. The molecule has 0 bridgehead atoms. The Hall–Kier alpha value is -1.06. The molecule has 0 aromatic carbocycles. The van der Waals surface area contributed by atoms with E-state index in [-0.39, 0.29) is 18.2 Å². The molecule has 1 aliphatic rings. The first kappa shape index (κ1) is 16.0. The van der Waals surface area contributed by atoms with Crippen molar-refractivity contribution in [1.82, 2.24) is 5.32 Å².